The van der Waals surface area contributed by atoms with E-state index in [1.807, 2.05) is 0 Å². The average molecular weight is 282 g/mol. The van der Waals surface area contributed by atoms with Gasteiger partial charge in [-0.05, 0) is 31.4 Å². The Balaban J connectivity index is 2.26. The van der Waals surface area contributed by atoms with Crippen molar-refractivity contribution in [3.05, 3.63) is 16.0 Å². The average Bonchev–Trinajstić information content (AvgIpc) is 2.88. The Kier molecular flexibility index (Phi) is 3.05. The van der Waals surface area contributed by atoms with E-state index < -0.39 is 15.6 Å². The molecule has 1 saturated carbocycles. The van der Waals surface area contributed by atoms with Crippen LogP contribution in [0.5, 0.6) is 0 Å². The second-order valence-electron chi connectivity index (χ2n) is 4.07. The maximum Gasteiger partial charge on any atom is 0.250 e. The summed E-state index contributed by atoms with van der Waals surface area (Å²) in [7, 11) is -3.55. The lowest BCUT2D eigenvalue weighted by atomic mass is 10.3. The minimum atomic E-state index is -3.55. The van der Waals surface area contributed by atoms with Gasteiger partial charge in [0.15, 0.2) is 0 Å². The number of aryl methyl sites for hydroxylation is 1. The molecule has 1 aliphatic rings. The van der Waals surface area contributed by atoms with Crippen molar-refractivity contribution in [1.82, 2.24) is 4.72 Å². The Morgan fingerprint density at radius 1 is 1.62 bits per heavy atom. The smallest absolute Gasteiger partial charge is 0.250 e. The molecule has 1 aliphatic carbocycles. The molecule has 0 aromatic carbocycles. The van der Waals surface area contributed by atoms with E-state index in [0.29, 0.717) is 17.2 Å². The van der Waals surface area contributed by atoms with Crippen LogP contribution < -0.4 is 4.72 Å². The third kappa shape index (κ3) is 2.26. The standard InChI is InChI=1S/C9H12ClNO3S2/c1-6-4-7(15-8(6)10)16(13,14)11-9(5-12)2-3-9/h4,11-12H,2-3,5H2,1H3. The van der Waals surface area contributed by atoms with Crippen LogP contribution in [0, 0.1) is 6.92 Å². The van der Waals surface area contributed by atoms with Gasteiger partial charge in [-0.3, -0.25) is 0 Å². The minimum absolute atomic E-state index is 0.162. The predicted octanol–water partition coefficient (Wildman–Crippen LogP) is 1.51. The molecule has 2 N–H and O–H groups in total. The highest BCUT2D eigenvalue weighted by molar-refractivity contribution is 7.91. The van der Waals surface area contributed by atoms with Crippen LogP contribution in [0.3, 0.4) is 0 Å². The summed E-state index contributed by atoms with van der Waals surface area (Å²) in [6.45, 7) is 1.60. The SMILES string of the molecule is Cc1cc(S(=O)(=O)NC2(CO)CC2)sc1Cl. The summed E-state index contributed by atoms with van der Waals surface area (Å²) in [4.78, 5) is 0. The monoisotopic (exact) mass is 281 g/mol. The lowest BCUT2D eigenvalue weighted by Gasteiger charge is -2.13. The van der Waals surface area contributed by atoms with Crippen molar-refractivity contribution < 1.29 is 13.5 Å². The van der Waals surface area contributed by atoms with Crippen molar-refractivity contribution in [2.45, 2.75) is 29.5 Å². The maximum atomic E-state index is 11.9. The number of halogens is 1. The Hall–Kier alpha value is -0.140. The molecule has 4 nitrogen and oxygen atoms in total. The van der Waals surface area contributed by atoms with Gasteiger partial charge in [0.2, 0.25) is 0 Å². The van der Waals surface area contributed by atoms with Crippen LogP contribution >= 0.6 is 22.9 Å². The lowest BCUT2D eigenvalue weighted by Crippen LogP contribution is -2.39. The van der Waals surface area contributed by atoms with Gasteiger partial charge in [-0.2, -0.15) is 0 Å². The van der Waals surface area contributed by atoms with Crippen LogP contribution in [-0.4, -0.2) is 25.7 Å². The van der Waals surface area contributed by atoms with Crippen LogP contribution in [0.1, 0.15) is 18.4 Å². The fourth-order valence-electron chi connectivity index (χ4n) is 1.34. The molecule has 0 aliphatic heterocycles. The van der Waals surface area contributed by atoms with Gasteiger partial charge in [0, 0.05) is 0 Å². The summed E-state index contributed by atoms with van der Waals surface area (Å²) in [6, 6.07) is 1.54. The Morgan fingerprint density at radius 2 is 2.25 bits per heavy atom. The molecule has 0 spiro atoms. The van der Waals surface area contributed by atoms with Crippen molar-refractivity contribution in [1.29, 1.82) is 0 Å². The summed E-state index contributed by atoms with van der Waals surface area (Å²) in [5, 5.41) is 9.08. The first kappa shape index (κ1) is 12.3. The highest BCUT2D eigenvalue weighted by atomic mass is 35.5. The molecule has 1 fully saturated rings. The van der Waals surface area contributed by atoms with Crippen LogP contribution in [0.2, 0.25) is 4.34 Å². The molecule has 0 atom stereocenters. The van der Waals surface area contributed by atoms with E-state index in [1.54, 1.807) is 13.0 Å². The van der Waals surface area contributed by atoms with Crippen molar-refractivity contribution >= 4 is 33.0 Å². The molecule has 0 bridgehead atoms. The molecule has 0 unspecified atom stereocenters. The molecule has 0 amide bonds. The van der Waals surface area contributed by atoms with E-state index >= 15 is 0 Å². The van der Waals surface area contributed by atoms with E-state index in [2.05, 4.69) is 4.72 Å². The predicted molar refractivity (Wildman–Crippen MR) is 63.4 cm³/mol. The summed E-state index contributed by atoms with van der Waals surface area (Å²) in [5.74, 6) is 0. The van der Waals surface area contributed by atoms with Gasteiger partial charge in [0.1, 0.15) is 4.21 Å². The third-order valence-electron chi connectivity index (χ3n) is 2.61. The molecule has 0 radical (unpaired) electrons. The van der Waals surface area contributed by atoms with Gasteiger partial charge in [0.05, 0.1) is 16.5 Å². The number of nitrogens with one attached hydrogen (secondary N) is 1. The Labute approximate surface area is 103 Å². The van der Waals surface area contributed by atoms with Crippen molar-refractivity contribution in [3.63, 3.8) is 0 Å². The zero-order valence-corrected chi connectivity index (χ0v) is 11.0. The van der Waals surface area contributed by atoms with Crippen molar-refractivity contribution in [3.8, 4) is 0 Å². The number of hydrogen-bond acceptors (Lipinski definition) is 4. The number of aliphatic hydroxyl groups is 1. The van der Waals surface area contributed by atoms with E-state index in [1.165, 1.54) is 0 Å². The zero-order chi connectivity index (χ0) is 12.0. The van der Waals surface area contributed by atoms with Crippen LogP contribution in [0.25, 0.3) is 0 Å². The summed E-state index contributed by atoms with van der Waals surface area (Å²) < 4.78 is 27.1. The Bertz CT molecular complexity index is 485. The van der Waals surface area contributed by atoms with Gasteiger partial charge >= 0.3 is 0 Å². The molecule has 0 saturated heterocycles. The molecular formula is C9H12ClNO3S2. The third-order valence-corrected chi connectivity index (χ3v) is 6.21. The minimum Gasteiger partial charge on any atom is -0.394 e. The number of thiophene rings is 1. The fourth-order valence-corrected chi connectivity index (χ4v) is 4.50. The molecule has 90 valence electrons. The Morgan fingerprint density at radius 3 is 2.62 bits per heavy atom. The van der Waals surface area contributed by atoms with Gasteiger partial charge < -0.3 is 5.11 Å². The topological polar surface area (TPSA) is 66.4 Å². The van der Waals surface area contributed by atoms with Crippen molar-refractivity contribution in [2.24, 2.45) is 0 Å². The molecule has 1 heterocycles. The zero-order valence-electron chi connectivity index (χ0n) is 8.66. The molecular weight excluding hydrogens is 270 g/mol. The second-order valence-corrected chi connectivity index (χ2v) is 7.63. The van der Waals surface area contributed by atoms with E-state index in [0.717, 1.165) is 16.9 Å². The molecule has 1 aromatic rings. The summed E-state index contributed by atoms with van der Waals surface area (Å²) >= 11 is 6.87. The van der Waals surface area contributed by atoms with Gasteiger partial charge in [-0.15, -0.1) is 11.3 Å². The van der Waals surface area contributed by atoms with Gasteiger partial charge in [-0.25, -0.2) is 13.1 Å². The fraction of sp³-hybridized carbons (Fsp3) is 0.556. The number of hydrogen-bond donors (Lipinski definition) is 2. The molecule has 16 heavy (non-hydrogen) atoms. The number of sulfonamides is 1. The van der Waals surface area contributed by atoms with E-state index in [9.17, 15) is 8.42 Å². The van der Waals surface area contributed by atoms with Crippen LogP contribution in [0.15, 0.2) is 10.3 Å². The molecule has 7 heteroatoms. The quantitative estimate of drug-likeness (QED) is 0.879. The largest absolute Gasteiger partial charge is 0.394 e. The summed E-state index contributed by atoms with van der Waals surface area (Å²) in [6.07, 6.45) is 1.36. The van der Waals surface area contributed by atoms with E-state index in [4.69, 9.17) is 16.7 Å². The highest BCUT2D eigenvalue weighted by Crippen LogP contribution is 2.38. The van der Waals surface area contributed by atoms with E-state index in [-0.39, 0.29) is 10.8 Å². The first-order valence-electron chi connectivity index (χ1n) is 4.79. The molecule has 2 rings (SSSR count). The maximum absolute atomic E-state index is 11.9. The molecule has 1 aromatic heterocycles. The van der Waals surface area contributed by atoms with Gasteiger partial charge in [0.25, 0.3) is 10.0 Å². The van der Waals surface area contributed by atoms with Crippen molar-refractivity contribution in [2.75, 3.05) is 6.61 Å². The highest BCUT2D eigenvalue weighted by Gasteiger charge is 2.45. The first-order valence-corrected chi connectivity index (χ1v) is 7.47. The first-order chi connectivity index (χ1) is 7.38. The normalized spacial score (nSPS) is 18.7. The lowest BCUT2D eigenvalue weighted by molar-refractivity contribution is 0.246. The second kappa shape index (κ2) is 3.96. The number of rotatable bonds is 4. The number of aliphatic hydroxyl groups excluding tert-OH is 1. The van der Waals surface area contributed by atoms with Gasteiger partial charge in [-0.1, -0.05) is 11.6 Å². The van der Waals surface area contributed by atoms with Crippen LogP contribution in [-0.2, 0) is 10.0 Å². The summed E-state index contributed by atoms with van der Waals surface area (Å²) in [5.41, 5.74) is 0.115. The van der Waals surface area contributed by atoms with Crippen LogP contribution in [0.4, 0.5) is 0 Å².